The third-order valence-electron chi connectivity index (χ3n) is 3.74. The van der Waals surface area contributed by atoms with Gasteiger partial charge in [0.15, 0.2) is 5.78 Å². The van der Waals surface area contributed by atoms with E-state index in [1.807, 2.05) is 77.1 Å². The molecule has 0 aliphatic carbocycles. The molecular weight excluding hydrogens is 483 g/mol. The van der Waals surface area contributed by atoms with Gasteiger partial charge < -0.3 is 9.90 Å². The first-order valence-electron chi connectivity index (χ1n) is 10.0. The summed E-state index contributed by atoms with van der Waals surface area (Å²) in [4.78, 5) is 26.4. The summed E-state index contributed by atoms with van der Waals surface area (Å²) in [5.74, 6) is 0.157. The van der Waals surface area contributed by atoms with Gasteiger partial charge in [-0.1, -0.05) is 70.6 Å². The number of rotatable bonds is 5. The molecule has 0 aliphatic rings. The second-order valence-electron chi connectivity index (χ2n) is 5.61. The SMILES string of the molecule is CC.CC.O=[C-]O.[CH2-]c1cccc(C(=O)CCc2sc(-c3ccccc3)nc2C)c1.[Y]. The van der Waals surface area contributed by atoms with E-state index in [0.29, 0.717) is 12.9 Å². The van der Waals surface area contributed by atoms with Crippen LogP contribution >= 0.6 is 11.3 Å². The van der Waals surface area contributed by atoms with E-state index >= 15 is 0 Å². The average Bonchev–Trinajstić information content (AvgIpc) is 3.16. The second kappa shape index (κ2) is 18.9. The van der Waals surface area contributed by atoms with E-state index in [1.54, 1.807) is 11.3 Å². The van der Waals surface area contributed by atoms with Crippen LogP contribution in [-0.4, -0.2) is 22.3 Å². The molecular formula is C25H31NO3SY-2. The van der Waals surface area contributed by atoms with Crippen LogP contribution in [0.1, 0.15) is 60.6 Å². The number of hydrogen-bond acceptors (Lipinski definition) is 4. The fourth-order valence-corrected chi connectivity index (χ4v) is 3.55. The van der Waals surface area contributed by atoms with Crippen molar-refractivity contribution in [2.24, 2.45) is 0 Å². The molecule has 0 bridgehead atoms. The normalized spacial score (nSPS) is 8.68. The Labute approximate surface area is 216 Å². The van der Waals surface area contributed by atoms with Crippen molar-refractivity contribution in [1.82, 2.24) is 4.98 Å². The Morgan fingerprint density at radius 1 is 1.06 bits per heavy atom. The second-order valence-corrected chi connectivity index (χ2v) is 6.69. The molecule has 3 rings (SSSR count). The van der Waals surface area contributed by atoms with Gasteiger partial charge >= 0.3 is 0 Å². The van der Waals surface area contributed by atoms with Crippen LogP contribution in [0.5, 0.6) is 0 Å². The molecule has 2 aromatic carbocycles. The molecule has 165 valence electrons. The van der Waals surface area contributed by atoms with E-state index in [0.717, 1.165) is 33.8 Å². The van der Waals surface area contributed by atoms with Gasteiger partial charge in [-0.2, -0.15) is 24.6 Å². The number of thiazole rings is 1. The van der Waals surface area contributed by atoms with Crippen LogP contribution in [0.3, 0.4) is 0 Å². The first-order chi connectivity index (χ1) is 14.5. The Balaban J connectivity index is 0. The van der Waals surface area contributed by atoms with Gasteiger partial charge in [-0.25, -0.2) is 4.98 Å². The van der Waals surface area contributed by atoms with Crippen LogP contribution in [0.25, 0.3) is 10.6 Å². The van der Waals surface area contributed by atoms with E-state index in [-0.39, 0.29) is 38.5 Å². The molecule has 31 heavy (non-hydrogen) atoms. The largest absolute Gasteiger partial charge is 0.665 e. The number of ketones is 1. The molecule has 1 N–H and O–H groups in total. The molecule has 3 aromatic rings. The molecule has 0 aliphatic heterocycles. The summed E-state index contributed by atoms with van der Waals surface area (Å²) in [5.41, 5.74) is 3.76. The molecule has 1 aromatic heterocycles. The molecule has 6 heteroatoms. The maximum atomic E-state index is 12.3. The Hall–Kier alpha value is -1.82. The summed E-state index contributed by atoms with van der Waals surface area (Å²) in [6.07, 6.45) is 1.23. The van der Waals surface area contributed by atoms with Crippen molar-refractivity contribution < 1.29 is 47.4 Å². The smallest absolute Gasteiger partial charge is 0.151 e. The quantitative estimate of drug-likeness (QED) is 0.301. The van der Waals surface area contributed by atoms with Gasteiger partial charge in [0.1, 0.15) is 5.01 Å². The van der Waals surface area contributed by atoms with Crippen molar-refractivity contribution in [3.8, 4) is 10.6 Å². The summed E-state index contributed by atoms with van der Waals surface area (Å²) in [6, 6.07) is 17.6. The average molecular weight is 515 g/mol. The predicted molar refractivity (Wildman–Crippen MR) is 127 cm³/mol. The number of benzene rings is 2. The number of aryl methyl sites for hydroxylation is 2. The van der Waals surface area contributed by atoms with Gasteiger partial charge in [0.2, 0.25) is 0 Å². The summed E-state index contributed by atoms with van der Waals surface area (Å²) in [7, 11) is 0. The number of hydrogen-bond donors (Lipinski definition) is 1. The van der Waals surface area contributed by atoms with Crippen LogP contribution in [0.15, 0.2) is 54.6 Å². The zero-order valence-corrected chi connectivity index (χ0v) is 22.7. The van der Waals surface area contributed by atoms with Gasteiger partial charge in [-0.3, -0.25) is 4.79 Å². The van der Waals surface area contributed by atoms with E-state index in [4.69, 9.17) is 9.90 Å². The summed E-state index contributed by atoms with van der Waals surface area (Å²) in [6.45, 7) is 14.4. The zero-order valence-electron chi connectivity index (χ0n) is 19.0. The number of aromatic nitrogens is 1. The Bertz CT molecular complexity index is 879. The van der Waals surface area contributed by atoms with E-state index in [2.05, 4.69) is 24.0 Å². The van der Waals surface area contributed by atoms with E-state index in [9.17, 15) is 4.79 Å². The van der Waals surface area contributed by atoms with Gasteiger partial charge in [0.25, 0.3) is 0 Å². The third kappa shape index (κ3) is 11.4. The zero-order chi connectivity index (χ0) is 22.9. The Morgan fingerprint density at radius 3 is 2.19 bits per heavy atom. The van der Waals surface area contributed by atoms with E-state index < -0.39 is 0 Å². The fraction of sp³-hybridized carbons (Fsp3) is 0.280. The Kier molecular flexibility index (Phi) is 19.1. The van der Waals surface area contributed by atoms with Crippen LogP contribution in [0.2, 0.25) is 0 Å². The number of nitrogens with zero attached hydrogens (tertiary/aromatic N) is 1. The topological polar surface area (TPSA) is 67.3 Å². The molecule has 0 amide bonds. The molecule has 1 radical (unpaired) electrons. The number of aliphatic hydroxyl groups excluding tert-OH is 1. The number of carbonyl (C=O) groups excluding carboxylic acids is 1. The number of carbonyl (C=O) groups is 1. The third-order valence-corrected chi connectivity index (χ3v) is 5.01. The molecule has 0 spiro atoms. The van der Waals surface area contributed by atoms with Gasteiger partial charge in [0.05, 0.1) is 5.69 Å². The van der Waals surface area contributed by atoms with Gasteiger partial charge in [0, 0.05) is 49.6 Å². The molecule has 1 heterocycles. The minimum absolute atomic E-state index is 0. The Morgan fingerprint density at radius 2 is 1.65 bits per heavy atom. The van der Waals surface area contributed by atoms with Crippen LogP contribution in [0, 0.1) is 13.8 Å². The maximum Gasteiger partial charge on any atom is 0.151 e. The van der Waals surface area contributed by atoms with Crippen LogP contribution in [-0.2, 0) is 43.9 Å². The van der Waals surface area contributed by atoms with Crippen LogP contribution < -0.4 is 0 Å². The summed E-state index contributed by atoms with van der Waals surface area (Å²) in [5, 5.41) is 7.78. The monoisotopic (exact) mass is 514 g/mol. The summed E-state index contributed by atoms with van der Waals surface area (Å²) >= 11 is 1.68. The molecule has 0 atom stereocenters. The van der Waals surface area contributed by atoms with E-state index in [1.165, 1.54) is 4.88 Å². The van der Waals surface area contributed by atoms with Gasteiger partial charge in [-0.05, 0) is 18.9 Å². The first-order valence-corrected chi connectivity index (χ1v) is 10.8. The minimum atomic E-state index is 0. The molecule has 0 unspecified atom stereocenters. The molecule has 4 nitrogen and oxygen atoms in total. The van der Waals surface area contributed by atoms with Crippen molar-refractivity contribution in [3.63, 3.8) is 0 Å². The standard InChI is InChI=1S/C20H18NOS.2C2H6.CHO2.Y/c1-14-7-6-10-17(13-14)18(22)11-12-19-15(2)21-20(23-19)16-8-4-3-5-9-16;2*1-2;2-1-3;/h3-10,13H,1,11-12H2,2H3;2*1-2H3;(H,2,3);/q-1;;;-1;. The van der Waals surface area contributed by atoms with Gasteiger partial charge in [-0.15, -0.1) is 17.4 Å². The number of Topliss-reactive ketones (excluding diaryl/α,β-unsaturated/α-hetero) is 1. The fourth-order valence-electron chi connectivity index (χ4n) is 2.48. The van der Waals surface area contributed by atoms with Crippen molar-refractivity contribution >= 4 is 23.6 Å². The molecule has 0 saturated carbocycles. The predicted octanol–water partition coefficient (Wildman–Crippen LogP) is 6.78. The molecule has 0 saturated heterocycles. The minimum Gasteiger partial charge on any atom is -0.665 e. The first kappa shape index (κ1) is 31.4. The van der Waals surface area contributed by atoms with Crippen LogP contribution in [0.4, 0.5) is 0 Å². The van der Waals surface area contributed by atoms with Crippen molar-refractivity contribution in [3.05, 3.63) is 83.2 Å². The van der Waals surface area contributed by atoms with Crippen molar-refractivity contribution in [1.29, 1.82) is 0 Å². The molecule has 0 fully saturated rings. The van der Waals surface area contributed by atoms with Crippen molar-refractivity contribution in [2.45, 2.75) is 47.5 Å². The maximum absolute atomic E-state index is 12.3. The summed E-state index contributed by atoms with van der Waals surface area (Å²) < 4.78 is 0. The van der Waals surface area contributed by atoms with Crippen molar-refractivity contribution in [2.75, 3.05) is 0 Å².